The maximum absolute atomic E-state index is 11.6. The second kappa shape index (κ2) is 8.16. The zero-order chi connectivity index (χ0) is 12.6. The van der Waals surface area contributed by atoms with Gasteiger partial charge in [-0.25, -0.2) is 21.9 Å². The molecular formula is C8H16ClF2NO3S. The summed E-state index contributed by atoms with van der Waals surface area (Å²) < 4.78 is 52.7. The SMILES string of the molecule is CC(CCl)CS(=O)(=O)NCCOCC(F)F. The predicted octanol–water partition coefficient (Wildman–Crippen LogP) is 1.06. The summed E-state index contributed by atoms with van der Waals surface area (Å²) in [5.74, 6) is 0.0230. The Morgan fingerprint density at radius 3 is 2.56 bits per heavy atom. The maximum atomic E-state index is 11.6. The number of rotatable bonds is 9. The van der Waals surface area contributed by atoms with Gasteiger partial charge >= 0.3 is 0 Å². The Kier molecular flexibility index (Phi) is 8.17. The fraction of sp³-hybridized carbons (Fsp3) is 1.00. The molecule has 0 aliphatic heterocycles. The van der Waals surface area contributed by atoms with E-state index in [9.17, 15) is 17.2 Å². The summed E-state index contributed by atoms with van der Waals surface area (Å²) >= 11 is 5.48. The van der Waals surface area contributed by atoms with Crippen LogP contribution in [0.2, 0.25) is 0 Å². The third-order valence-electron chi connectivity index (χ3n) is 1.58. The fourth-order valence-corrected chi connectivity index (χ4v) is 2.54. The van der Waals surface area contributed by atoms with Gasteiger partial charge in [-0.2, -0.15) is 0 Å². The largest absolute Gasteiger partial charge is 0.374 e. The number of hydrogen-bond acceptors (Lipinski definition) is 3. The highest BCUT2D eigenvalue weighted by atomic mass is 35.5. The maximum Gasteiger partial charge on any atom is 0.261 e. The molecule has 0 amide bonds. The van der Waals surface area contributed by atoms with Gasteiger partial charge in [-0.1, -0.05) is 6.92 Å². The smallest absolute Gasteiger partial charge is 0.261 e. The second-order valence-corrected chi connectivity index (χ2v) is 5.56. The first kappa shape index (κ1) is 16.0. The number of nitrogens with one attached hydrogen (secondary N) is 1. The quantitative estimate of drug-likeness (QED) is 0.507. The van der Waals surface area contributed by atoms with Crippen molar-refractivity contribution in [1.82, 2.24) is 4.72 Å². The molecule has 0 fully saturated rings. The number of alkyl halides is 3. The van der Waals surface area contributed by atoms with E-state index in [0.717, 1.165) is 0 Å². The molecule has 1 atom stereocenters. The molecule has 0 heterocycles. The zero-order valence-electron chi connectivity index (χ0n) is 8.96. The summed E-state index contributed by atoms with van der Waals surface area (Å²) in [7, 11) is -3.40. The zero-order valence-corrected chi connectivity index (χ0v) is 10.5. The molecule has 0 bridgehead atoms. The standard InChI is InChI=1S/C8H16ClF2NO3S/c1-7(4-9)6-16(13,14)12-2-3-15-5-8(10)11/h7-8,12H,2-6H2,1H3. The van der Waals surface area contributed by atoms with Gasteiger partial charge < -0.3 is 4.74 Å². The Morgan fingerprint density at radius 2 is 2.06 bits per heavy atom. The molecule has 0 saturated carbocycles. The minimum Gasteiger partial charge on any atom is -0.374 e. The van der Waals surface area contributed by atoms with E-state index in [-0.39, 0.29) is 30.7 Å². The summed E-state index contributed by atoms with van der Waals surface area (Å²) in [6.45, 7) is 0.947. The van der Waals surface area contributed by atoms with Crippen molar-refractivity contribution in [2.24, 2.45) is 5.92 Å². The van der Waals surface area contributed by atoms with Gasteiger partial charge in [0.15, 0.2) is 0 Å². The third-order valence-corrected chi connectivity index (χ3v) is 3.76. The molecule has 0 aliphatic rings. The highest BCUT2D eigenvalue weighted by Gasteiger charge is 2.14. The van der Waals surface area contributed by atoms with Crippen LogP contribution in [0.4, 0.5) is 8.78 Å². The van der Waals surface area contributed by atoms with Gasteiger partial charge in [-0.05, 0) is 5.92 Å². The summed E-state index contributed by atoms with van der Waals surface area (Å²) in [6, 6.07) is 0. The Labute approximate surface area is 99.4 Å². The van der Waals surface area contributed by atoms with Crippen molar-refractivity contribution < 1.29 is 21.9 Å². The summed E-state index contributed by atoms with van der Waals surface area (Å²) in [4.78, 5) is 0. The van der Waals surface area contributed by atoms with Crippen LogP contribution < -0.4 is 4.72 Å². The first-order valence-corrected chi connectivity index (χ1v) is 6.95. The molecule has 0 spiro atoms. The van der Waals surface area contributed by atoms with E-state index in [4.69, 9.17) is 11.6 Å². The lowest BCUT2D eigenvalue weighted by molar-refractivity contribution is 0.0199. The van der Waals surface area contributed by atoms with Crippen LogP contribution in [0.3, 0.4) is 0 Å². The normalized spacial score (nSPS) is 14.3. The van der Waals surface area contributed by atoms with E-state index in [1.54, 1.807) is 6.92 Å². The molecule has 0 radical (unpaired) electrons. The van der Waals surface area contributed by atoms with Crippen molar-refractivity contribution in [1.29, 1.82) is 0 Å². The highest BCUT2D eigenvalue weighted by Crippen LogP contribution is 2.01. The highest BCUT2D eigenvalue weighted by molar-refractivity contribution is 7.89. The van der Waals surface area contributed by atoms with E-state index in [0.29, 0.717) is 0 Å². The van der Waals surface area contributed by atoms with Gasteiger partial charge in [-0.3, -0.25) is 0 Å². The molecule has 16 heavy (non-hydrogen) atoms. The number of ether oxygens (including phenoxy) is 1. The Morgan fingerprint density at radius 1 is 1.44 bits per heavy atom. The van der Waals surface area contributed by atoms with Crippen molar-refractivity contribution >= 4 is 21.6 Å². The minimum absolute atomic E-state index is 0.00986. The summed E-state index contributed by atoms with van der Waals surface area (Å²) in [5, 5.41) is 0. The Bertz CT molecular complexity index is 274. The van der Waals surface area contributed by atoms with Gasteiger partial charge in [0, 0.05) is 12.4 Å². The lowest BCUT2D eigenvalue weighted by Gasteiger charge is -2.10. The molecular weight excluding hydrogens is 264 g/mol. The third kappa shape index (κ3) is 9.26. The summed E-state index contributed by atoms with van der Waals surface area (Å²) in [5.41, 5.74) is 0. The lowest BCUT2D eigenvalue weighted by atomic mass is 10.3. The van der Waals surface area contributed by atoms with Crippen LogP contribution in [-0.2, 0) is 14.8 Å². The molecule has 1 N–H and O–H groups in total. The van der Waals surface area contributed by atoms with Crippen molar-refractivity contribution in [3.63, 3.8) is 0 Å². The fourth-order valence-electron chi connectivity index (χ4n) is 0.920. The summed E-state index contributed by atoms with van der Waals surface area (Å²) in [6.07, 6.45) is -2.53. The molecule has 4 nitrogen and oxygen atoms in total. The van der Waals surface area contributed by atoms with Gasteiger partial charge in [0.05, 0.1) is 12.4 Å². The van der Waals surface area contributed by atoms with Crippen LogP contribution in [0.25, 0.3) is 0 Å². The first-order chi connectivity index (χ1) is 7.37. The van der Waals surface area contributed by atoms with Crippen LogP contribution in [0.5, 0.6) is 0 Å². The molecule has 0 saturated heterocycles. The van der Waals surface area contributed by atoms with Crippen molar-refractivity contribution in [3.8, 4) is 0 Å². The van der Waals surface area contributed by atoms with E-state index < -0.39 is 23.1 Å². The average molecular weight is 280 g/mol. The van der Waals surface area contributed by atoms with Gasteiger partial charge in [0.1, 0.15) is 6.61 Å². The van der Waals surface area contributed by atoms with E-state index in [2.05, 4.69) is 9.46 Å². The van der Waals surface area contributed by atoms with Gasteiger partial charge in [-0.15, -0.1) is 11.6 Å². The Balaban J connectivity index is 3.67. The molecule has 0 aromatic rings. The van der Waals surface area contributed by atoms with Gasteiger partial charge in [0.2, 0.25) is 10.0 Å². The molecule has 0 aliphatic carbocycles. The van der Waals surface area contributed by atoms with Crippen LogP contribution in [0.1, 0.15) is 6.92 Å². The molecule has 1 unspecified atom stereocenters. The van der Waals surface area contributed by atoms with Gasteiger partial charge in [0.25, 0.3) is 6.43 Å². The van der Waals surface area contributed by atoms with Crippen LogP contribution in [-0.4, -0.2) is 46.2 Å². The monoisotopic (exact) mass is 279 g/mol. The Hall–Kier alpha value is 0.0200. The molecule has 8 heteroatoms. The topological polar surface area (TPSA) is 55.4 Å². The van der Waals surface area contributed by atoms with E-state index >= 15 is 0 Å². The van der Waals surface area contributed by atoms with Crippen molar-refractivity contribution in [2.45, 2.75) is 13.3 Å². The first-order valence-electron chi connectivity index (χ1n) is 4.76. The van der Waals surface area contributed by atoms with E-state index in [1.807, 2.05) is 0 Å². The minimum atomic E-state index is -3.40. The second-order valence-electron chi connectivity index (χ2n) is 3.40. The van der Waals surface area contributed by atoms with Crippen LogP contribution in [0, 0.1) is 5.92 Å². The number of hydrogen-bond donors (Lipinski definition) is 1. The predicted molar refractivity (Wildman–Crippen MR) is 58.5 cm³/mol. The molecule has 0 aromatic heterocycles. The molecule has 0 aromatic carbocycles. The number of halogens is 3. The molecule has 98 valence electrons. The average Bonchev–Trinajstić information content (AvgIpc) is 2.15. The van der Waals surface area contributed by atoms with E-state index in [1.165, 1.54) is 0 Å². The molecule has 0 rings (SSSR count). The van der Waals surface area contributed by atoms with Crippen LogP contribution >= 0.6 is 11.6 Å². The van der Waals surface area contributed by atoms with Crippen molar-refractivity contribution in [3.05, 3.63) is 0 Å². The lowest BCUT2D eigenvalue weighted by Crippen LogP contribution is -2.32. The number of sulfonamides is 1. The van der Waals surface area contributed by atoms with Crippen LogP contribution in [0.15, 0.2) is 0 Å². The van der Waals surface area contributed by atoms with Crippen molar-refractivity contribution in [2.75, 3.05) is 31.4 Å².